The van der Waals surface area contributed by atoms with E-state index in [1.54, 1.807) is 5.09 Å². The van der Waals surface area contributed by atoms with Crippen molar-refractivity contribution in [3.63, 3.8) is 0 Å². The van der Waals surface area contributed by atoms with E-state index in [1.165, 1.54) is 7.11 Å². The van der Waals surface area contributed by atoms with Gasteiger partial charge in [0.1, 0.15) is 30.6 Å². The number of carboxylic acids is 2. The van der Waals surface area contributed by atoms with Crippen molar-refractivity contribution in [2.24, 2.45) is 0 Å². The van der Waals surface area contributed by atoms with Crippen LogP contribution < -0.4 is 72.6 Å². The fraction of sp³-hybridized carbons (Fsp3) is 0.500. The number of aromatic amines is 1. The summed E-state index contributed by atoms with van der Waals surface area (Å²) in [5.74, 6) is -3.33. The third kappa shape index (κ3) is 8.97. The zero-order valence-corrected chi connectivity index (χ0v) is 23.4. The summed E-state index contributed by atoms with van der Waals surface area (Å²) >= 11 is 3.62. The quantitative estimate of drug-likeness (QED) is 0.0692. The van der Waals surface area contributed by atoms with Crippen molar-refractivity contribution >= 4 is 39.2 Å². The van der Waals surface area contributed by atoms with Crippen LogP contribution in [0, 0.1) is 6.10 Å². The Bertz CT molecular complexity index is 1070. The zero-order chi connectivity index (χ0) is 24.9. The van der Waals surface area contributed by atoms with Crippen LogP contribution in [0.2, 0.25) is 0 Å². The number of hydrogen-bond donors (Lipinski definition) is 5. The largest absolute Gasteiger partial charge is 1.00 e. The van der Waals surface area contributed by atoms with Crippen molar-refractivity contribution in [1.29, 1.82) is 0 Å². The molecule has 1 aliphatic rings. The molecule has 0 spiro atoms. The van der Waals surface area contributed by atoms with Gasteiger partial charge in [-0.1, -0.05) is 0 Å². The number of carboxylic acid groups (broad SMARTS) is 2. The van der Waals surface area contributed by atoms with Gasteiger partial charge in [-0.05, 0) is 11.2 Å². The van der Waals surface area contributed by atoms with Crippen LogP contribution in [0.1, 0.15) is 12.6 Å². The summed E-state index contributed by atoms with van der Waals surface area (Å²) in [4.78, 5) is 59.4. The summed E-state index contributed by atoms with van der Waals surface area (Å²) in [5, 5.41) is 19.3. The second-order valence-electron chi connectivity index (χ2n) is 6.34. The topological polar surface area (TPSA) is 236 Å². The van der Waals surface area contributed by atoms with E-state index in [-0.39, 0.29) is 57.5 Å². The fourth-order valence-electron chi connectivity index (χ4n) is 2.78. The summed E-state index contributed by atoms with van der Waals surface area (Å²) in [6, 6.07) is -1.01. The Morgan fingerprint density at radius 3 is 2.62 bits per heavy atom. The standard InChI is InChI=1S/C14H19N3O13P2S.K/c1-27-11-10(30-31(24)33)7(29-12(11)17-3-2-8(18)15-14(17)23)5-28-32(25,26)16-6(13(21)22)4-9(19)20;/h2-3,6,10-12H,4-5H2,1H3,(H,19,20)(H,21,22)(H,24,33)(H,15,18,23)(H2,16,25,26);/q;+1/p-1/t6?,10-,11-,12-;/m1./s1. The van der Waals surface area contributed by atoms with Crippen LogP contribution in [0.3, 0.4) is 0 Å². The molecule has 2 rings (SSSR count). The molecule has 4 N–H and O–H groups in total. The third-order valence-corrected chi connectivity index (χ3v) is 5.92. The van der Waals surface area contributed by atoms with Crippen LogP contribution in [-0.4, -0.2) is 63.7 Å². The van der Waals surface area contributed by atoms with Crippen LogP contribution in [0.5, 0.6) is 0 Å². The molecular formula is C14H18KN3O13P2S. The Hall–Kier alpha value is -0.304. The zero-order valence-electron chi connectivity index (χ0n) is 17.6. The van der Waals surface area contributed by atoms with Gasteiger partial charge in [0, 0.05) is 19.4 Å². The molecule has 1 saturated heterocycles. The Balaban J connectivity index is 0.00000578. The predicted molar refractivity (Wildman–Crippen MR) is 107 cm³/mol. The van der Waals surface area contributed by atoms with Gasteiger partial charge in [0.05, 0.1) is 12.5 Å². The molecule has 1 aromatic heterocycles. The van der Waals surface area contributed by atoms with Gasteiger partial charge in [-0.25, -0.2) is 9.88 Å². The number of nitrogens with one attached hydrogen (secondary N) is 2. The van der Waals surface area contributed by atoms with E-state index in [9.17, 15) is 33.2 Å². The predicted octanol–water partition coefficient (Wildman–Crippen LogP) is -4.41. The van der Waals surface area contributed by atoms with Crippen LogP contribution in [0.15, 0.2) is 21.9 Å². The van der Waals surface area contributed by atoms with Gasteiger partial charge in [0.15, 0.2) is 0 Å². The summed E-state index contributed by atoms with van der Waals surface area (Å²) in [6.07, 6.45) is -4.19. The minimum absolute atomic E-state index is 0. The molecule has 184 valence electrons. The minimum Gasteiger partial charge on any atom is -0.766 e. The van der Waals surface area contributed by atoms with Crippen LogP contribution in [-0.2, 0) is 37.2 Å². The van der Waals surface area contributed by atoms with Gasteiger partial charge in [-0.2, -0.15) is 4.52 Å². The van der Waals surface area contributed by atoms with Gasteiger partial charge in [0.25, 0.3) is 5.56 Å². The van der Waals surface area contributed by atoms with Crippen molar-refractivity contribution < 1.29 is 104 Å². The number of nitrogens with zero attached hydrogens (tertiary/aromatic N) is 1. The normalized spacial score (nSPS) is 23.5. The maximum absolute atomic E-state index is 12.1. The molecule has 0 saturated carbocycles. The first-order chi connectivity index (χ1) is 15.3. The molecule has 0 aromatic carbocycles. The van der Waals surface area contributed by atoms with E-state index in [0.29, 0.717) is 0 Å². The molecule has 2 heterocycles. The van der Waals surface area contributed by atoms with E-state index in [1.807, 2.05) is 4.98 Å². The van der Waals surface area contributed by atoms with E-state index in [0.717, 1.165) is 16.8 Å². The molecule has 1 fully saturated rings. The van der Waals surface area contributed by atoms with Crippen molar-refractivity contribution in [1.82, 2.24) is 14.6 Å². The van der Waals surface area contributed by atoms with E-state index >= 15 is 0 Å². The molecular weight excluding hydrogens is 551 g/mol. The number of H-pyrrole nitrogens is 1. The second-order valence-corrected chi connectivity index (χ2v) is 9.52. The molecule has 20 heteroatoms. The van der Waals surface area contributed by atoms with Crippen molar-refractivity contribution in [2.75, 3.05) is 13.7 Å². The first kappa shape index (κ1) is 31.7. The number of aliphatic carboxylic acids is 2. The Kier molecular flexibility index (Phi) is 12.9. The summed E-state index contributed by atoms with van der Waals surface area (Å²) in [6.45, 7) is -0.913. The number of hydrogen-bond acceptors (Lipinski definition) is 11. The first-order valence-electron chi connectivity index (χ1n) is 8.72. The average Bonchev–Trinajstić information content (AvgIpc) is 3.01. The molecule has 6 atom stereocenters. The summed E-state index contributed by atoms with van der Waals surface area (Å²) in [5.41, 5.74) is -1.60. The molecule has 0 aliphatic carbocycles. The maximum Gasteiger partial charge on any atom is 1.00 e. The molecule has 1 aliphatic heterocycles. The van der Waals surface area contributed by atoms with Gasteiger partial charge in [0.2, 0.25) is 7.75 Å². The Morgan fingerprint density at radius 2 is 2.12 bits per heavy atom. The first-order valence-corrected chi connectivity index (χ1v) is 12.6. The molecule has 0 radical (unpaired) electrons. The number of carbonyl (C=O) groups is 2. The molecule has 34 heavy (non-hydrogen) atoms. The van der Waals surface area contributed by atoms with E-state index in [4.69, 9.17) is 24.2 Å². The third-order valence-electron chi connectivity index (χ3n) is 4.14. The minimum atomic E-state index is -5.16. The average molecular weight is 569 g/mol. The van der Waals surface area contributed by atoms with Crippen molar-refractivity contribution in [3.8, 4) is 0 Å². The Labute approximate surface area is 239 Å². The number of rotatable bonds is 12. The number of aromatic nitrogens is 2. The molecule has 0 bridgehead atoms. The summed E-state index contributed by atoms with van der Waals surface area (Å²) < 4.78 is 45.1. The van der Waals surface area contributed by atoms with Crippen molar-refractivity contribution in [3.05, 3.63) is 39.2 Å². The SMILES string of the molecule is CO[C@@H]1[C@H](O[P+](=O)S)[C-](COP(=O)([O-])NC(CC(=O)O)C(=O)O)O[C@H]1n1ccc(=O)[nH]c1=O.[K+]. The number of methoxy groups -OCH3 is 1. The second kappa shape index (κ2) is 13.9. The van der Waals surface area contributed by atoms with Crippen LogP contribution >= 0.6 is 27.2 Å². The van der Waals surface area contributed by atoms with E-state index < -0.39 is 75.7 Å². The maximum atomic E-state index is 12.1. The number of ether oxygens (including phenoxy) is 2. The van der Waals surface area contributed by atoms with Crippen LogP contribution in [0.4, 0.5) is 0 Å². The number of thiol groups is 1. The van der Waals surface area contributed by atoms with Gasteiger partial charge >= 0.3 is 76.2 Å². The van der Waals surface area contributed by atoms with Gasteiger partial charge < -0.3 is 29.1 Å². The molecule has 16 nitrogen and oxygen atoms in total. The molecule has 3 unspecified atom stereocenters. The smallest absolute Gasteiger partial charge is 0.766 e. The van der Waals surface area contributed by atoms with Crippen LogP contribution in [0.25, 0.3) is 0 Å². The summed E-state index contributed by atoms with van der Waals surface area (Å²) in [7, 11) is -6.56. The monoisotopic (exact) mass is 569 g/mol. The fourth-order valence-corrected chi connectivity index (χ4v) is 4.47. The van der Waals surface area contributed by atoms with Crippen molar-refractivity contribution in [2.45, 2.75) is 30.9 Å². The van der Waals surface area contributed by atoms with E-state index in [2.05, 4.69) is 16.8 Å². The molecule has 0 amide bonds. The molecule has 1 aromatic rings. The van der Waals surface area contributed by atoms with Gasteiger partial charge in [-0.15, -0.1) is 6.10 Å². The van der Waals surface area contributed by atoms with Gasteiger partial charge in [-0.3, -0.25) is 28.5 Å². The Morgan fingerprint density at radius 1 is 1.47 bits per heavy atom.